The van der Waals surface area contributed by atoms with Gasteiger partial charge in [0.2, 0.25) is 0 Å². The zero-order chi connectivity index (χ0) is 21.6. The summed E-state index contributed by atoms with van der Waals surface area (Å²) < 4.78 is 28.1. The summed E-state index contributed by atoms with van der Waals surface area (Å²) in [5.74, 6) is -0.712. The summed E-state index contributed by atoms with van der Waals surface area (Å²) in [7, 11) is -3.13. The molecule has 1 amide bonds. The number of amides is 1. The van der Waals surface area contributed by atoms with Crippen LogP contribution in [0.25, 0.3) is 0 Å². The Balaban J connectivity index is 1.60. The van der Waals surface area contributed by atoms with Gasteiger partial charge in [-0.15, -0.1) is 0 Å². The topological polar surface area (TPSA) is 80.7 Å². The molecule has 0 unspecified atom stereocenters. The third-order valence-corrected chi connectivity index (χ3v) is 7.03. The van der Waals surface area contributed by atoms with Crippen molar-refractivity contribution in [3.8, 4) is 0 Å². The highest BCUT2D eigenvalue weighted by Crippen LogP contribution is 2.30. The molecule has 0 bridgehead atoms. The monoisotopic (exact) mass is 435 g/mol. The van der Waals surface area contributed by atoms with E-state index in [1.54, 1.807) is 24.3 Å². The molecule has 1 aromatic carbocycles. The van der Waals surface area contributed by atoms with Gasteiger partial charge < -0.3 is 9.64 Å². The molecule has 7 heteroatoms. The summed E-state index contributed by atoms with van der Waals surface area (Å²) in [5.41, 5.74) is 0.938. The molecule has 2 saturated carbocycles. The van der Waals surface area contributed by atoms with Gasteiger partial charge in [-0.1, -0.05) is 50.7 Å². The van der Waals surface area contributed by atoms with Crippen LogP contribution >= 0.6 is 0 Å². The SMILES string of the molecule is CS(=O)(=O)Cc1ccc(C(=O)OCC(=O)N(C2CCCCC2)C2CCCCC2)cc1. The molecule has 0 N–H and O–H groups in total. The average molecular weight is 436 g/mol. The Morgan fingerprint density at radius 1 is 0.900 bits per heavy atom. The van der Waals surface area contributed by atoms with Gasteiger partial charge in [-0.2, -0.15) is 0 Å². The highest BCUT2D eigenvalue weighted by molar-refractivity contribution is 7.89. The first-order valence-electron chi connectivity index (χ1n) is 11.1. The molecule has 0 atom stereocenters. The first kappa shape index (κ1) is 22.8. The number of carbonyl (C=O) groups is 2. The van der Waals surface area contributed by atoms with E-state index in [9.17, 15) is 18.0 Å². The van der Waals surface area contributed by atoms with Gasteiger partial charge in [0.1, 0.15) is 0 Å². The first-order chi connectivity index (χ1) is 14.3. The average Bonchev–Trinajstić information content (AvgIpc) is 2.73. The third-order valence-electron chi connectivity index (χ3n) is 6.17. The van der Waals surface area contributed by atoms with Crippen LogP contribution in [0.4, 0.5) is 0 Å². The Bertz CT molecular complexity index is 804. The number of esters is 1. The van der Waals surface area contributed by atoms with E-state index >= 15 is 0 Å². The number of carbonyl (C=O) groups excluding carboxylic acids is 2. The van der Waals surface area contributed by atoms with Crippen molar-refractivity contribution < 1.29 is 22.7 Å². The van der Waals surface area contributed by atoms with Crippen molar-refractivity contribution in [3.05, 3.63) is 35.4 Å². The number of rotatable bonds is 7. The predicted molar refractivity (Wildman–Crippen MR) is 116 cm³/mol. The van der Waals surface area contributed by atoms with Crippen molar-refractivity contribution in [2.75, 3.05) is 12.9 Å². The maximum Gasteiger partial charge on any atom is 0.338 e. The summed E-state index contributed by atoms with van der Waals surface area (Å²) in [6.07, 6.45) is 12.4. The summed E-state index contributed by atoms with van der Waals surface area (Å²) in [6, 6.07) is 6.85. The predicted octanol–water partition coefficient (Wildman–Crippen LogP) is 3.88. The first-order valence-corrected chi connectivity index (χ1v) is 13.1. The lowest BCUT2D eigenvalue weighted by atomic mass is 9.88. The molecule has 0 heterocycles. The molecule has 3 rings (SSSR count). The van der Waals surface area contributed by atoms with Gasteiger partial charge in [-0.25, -0.2) is 13.2 Å². The van der Waals surface area contributed by atoms with Crippen molar-refractivity contribution in [1.82, 2.24) is 4.90 Å². The van der Waals surface area contributed by atoms with Crippen LogP contribution in [0.2, 0.25) is 0 Å². The van der Waals surface area contributed by atoms with Crippen molar-refractivity contribution in [2.24, 2.45) is 0 Å². The number of ether oxygens (including phenoxy) is 1. The maximum absolute atomic E-state index is 13.1. The minimum atomic E-state index is -3.13. The van der Waals surface area contributed by atoms with Crippen molar-refractivity contribution in [2.45, 2.75) is 82.0 Å². The van der Waals surface area contributed by atoms with Crippen LogP contribution in [-0.4, -0.2) is 50.1 Å². The number of nitrogens with zero attached hydrogens (tertiary/aromatic N) is 1. The molecule has 166 valence electrons. The van der Waals surface area contributed by atoms with Crippen molar-refractivity contribution in [3.63, 3.8) is 0 Å². The molecule has 0 aromatic heterocycles. The fourth-order valence-electron chi connectivity index (χ4n) is 4.75. The van der Waals surface area contributed by atoms with E-state index in [1.807, 2.05) is 4.90 Å². The molecule has 0 aliphatic heterocycles. The zero-order valence-corrected chi connectivity index (χ0v) is 18.7. The number of hydrogen-bond acceptors (Lipinski definition) is 5. The van der Waals surface area contributed by atoms with Crippen LogP contribution < -0.4 is 0 Å². The molecule has 2 fully saturated rings. The molecular weight excluding hydrogens is 402 g/mol. The lowest BCUT2D eigenvalue weighted by Crippen LogP contribution is -2.50. The number of benzene rings is 1. The summed E-state index contributed by atoms with van der Waals surface area (Å²) in [4.78, 5) is 27.5. The lowest BCUT2D eigenvalue weighted by Gasteiger charge is -2.41. The van der Waals surface area contributed by atoms with E-state index in [1.165, 1.54) is 19.1 Å². The maximum atomic E-state index is 13.1. The third kappa shape index (κ3) is 6.56. The van der Waals surface area contributed by atoms with E-state index in [0.29, 0.717) is 11.1 Å². The summed E-state index contributed by atoms with van der Waals surface area (Å²) in [6.45, 7) is -0.239. The van der Waals surface area contributed by atoms with Crippen LogP contribution in [0.3, 0.4) is 0 Å². The fraction of sp³-hybridized carbons (Fsp3) is 0.652. The summed E-state index contributed by atoms with van der Waals surface area (Å²) in [5, 5.41) is 0. The lowest BCUT2D eigenvalue weighted by molar-refractivity contribution is -0.141. The van der Waals surface area contributed by atoms with Gasteiger partial charge in [-0.3, -0.25) is 4.79 Å². The molecule has 1 aromatic rings. The smallest absolute Gasteiger partial charge is 0.338 e. The number of hydrogen-bond donors (Lipinski definition) is 0. The second-order valence-electron chi connectivity index (χ2n) is 8.73. The van der Waals surface area contributed by atoms with Gasteiger partial charge in [0.05, 0.1) is 11.3 Å². The van der Waals surface area contributed by atoms with Gasteiger partial charge >= 0.3 is 5.97 Å². The molecule has 2 aliphatic rings. The normalized spacial score (nSPS) is 18.7. The van der Waals surface area contributed by atoms with Crippen LogP contribution in [-0.2, 0) is 25.1 Å². The van der Waals surface area contributed by atoms with Crippen LogP contribution in [0.1, 0.15) is 80.1 Å². The molecular formula is C23H33NO5S. The highest BCUT2D eigenvalue weighted by atomic mass is 32.2. The summed E-state index contributed by atoms with van der Waals surface area (Å²) >= 11 is 0. The molecule has 0 saturated heterocycles. The van der Waals surface area contributed by atoms with Gasteiger partial charge in [0.25, 0.3) is 5.91 Å². The quantitative estimate of drug-likeness (QED) is 0.607. The Labute approximate surface area is 179 Å². The Hall–Kier alpha value is -1.89. The Morgan fingerprint density at radius 3 is 1.87 bits per heavy atom. The zero-order valence-electron chi connectivity index (χ0n) is 17.8. The van der Waals surface area contributed by atoms with Gasteiger partial charge in [0.15, 0.2) is 16.4 Å². The van der Waals surface area contributed by atoms with Crippen molar-refractivity contribution in [1.29, 1.82) is 0 Å². The molecule has 0 radical (unpaired) electrons. The minimum absolute atomic E-state index is 0.0709. The van der Waals surface area contributed by atoms with E-state index < -0.39 is 15.8 Å². The van der Waals surface area contributed by atoms with E-state index in [-0.39, 0.29) is 30.4 Å². The minimum Gasteiger partial charge on any atom is -0.452 e. The second kappa shape index (κ2) is 10.4. The molecule has 0 spiro atoms. The fourth-order valence-corrected chi connectivity index (χ4v) is 5.55. The Morgan fingerprint density at radius 2 is 1.40 bits per heavy atom. The molecule has 30 heavy (non-hydrogen) atoms. The van der Waals surface area contributed by atoms with Gasteiger partial charge in [0, 0.05) is 18.3 Å². The van der Waals surface area contributed by atoms with Gasteiger partial charge in [-0.05, 0) is 43.4 Å². The number of sulfone groups is 1. The van der Waals surface area contributed by atoms with E-state index in [4.69, 9.17) is 4.74 Å². The second-order valence-corrected chi connectivity index (χ2v) is 10.9. The van der Waals surface area contributed by atoms with E-state index in [2.05, 4.69) is 0 Å². The molecule has 2 aliphatic carbocycles. The highest BCUT2D eigenvalue weighted by Gasteiger charge is 2.32. The largest absolute Gasteiger partial charge is 0.452 e. The van der Waals surface area contributed by atoms with Crippen molar-refractivity contribution >= 4 is 21.7 Å². The van der Waals surface area contributed by atoms with Crippen LogP contribution in [0.5, 0.6) is 0 Å². The Kier molecular flexibility index (Phi) is 7.92. The van der Waals surface area contributed by atoms with Crippen LogP contribution in [0.15, 0.2) is 24.3 Å². The standard InChI is InChI=1S/C23H33NO5S/c1-30(27,28)17-18-12-14-19(15-13-18)23(26)29-16-22(25)24(20-8-4-2-5-9-20)21-10-6-3-7-11-21/h12-15,20-21H,2-11,16-17H2,1H3. The molecule has 6 nitrogen and oxygen atoms in total. The van der Waals surface area contributed by atoms with Crippen LogP contribution in [0, 0.1) is 0 Å². The van der Waals surface area contributed by atoms with E-state index in [0.717, 1.165) is 51.4 Å².